The van der Waals surface area contributed by atoms with Gasteiger partial charge in [-0.15, -0.1) is 0 Å². The van der Waals surface area contributed by atoms with Crippen LogP contribution in [0.4, 0.5) is 4.79 Å². The van der Waals surface area contributed by atoms with Gasteiger partial charge in [-0.3, -0.25) is 0 Å². The highest BCUT2D eigenvalue weighted by Crippen LogP contribution is 2.22. The van der Waals surface area contributed by atoms with Crippen molar-refractivity contribution in [2.75, 3.05) is 6.54 Å². The molecule has 0 spiro atoms. The summed E-state index contributed by atoms with van der Waals surface area (Å²) in [4.78, 5) is 13.7. The number of hydrogen-bond acceptors (Lipinski definition) is 3. The maximum absolute atomic E-state index is 11.9. The first-order valence-electron chi connectivity index (χ1n) is 6.01. The zero-order valence-corrected chi connectivity index (χ0v) is 10.7. The van der Waals surface area contributed by atoms with Crippen LogP contribution in [0.3, 0.4) is 0 Å². The van der Waals surface area contributed by atoms with Crippen molar-refractivity contribution in [2.45, 2.75) is 64.7 Å². The molecule has 1 unspecified atom stereocenters. The highest BCUT2D eigenvalue weighted by atomic mass is 16.6. The van der Waals surface area contributed by atoms with Crippen molar-refractivity contribution in [3.8, 4) is 0 Å². The van der Waals surface area contributed by atoms with E-state index in [1.54, 1.807) is 4.90 Å². The highest BCUT2D eigenvalue weighted by Gasteiger charge is 2.32. The molecule has 94 valence electrons. The molecule has 2 atom stereocenters. The molecular weight excluding hydrogens is 206 g/mol. The summed E-state index contributed by atoms with van der Waals surface area (Å²) in [6.07, 6.45) is 1.64. The van der Waals surface area contributed by atoms with Crippen LogP contribution in [0.25, 0.3) is 0 Å². The van der Waals surface area contributed by atoms with Gasteiger partial charge >= 0.3 is 6.09 Å². The third-order valence-corrected chi connectivity index (χ3v) is 2.79. The van der Waals surface area contributed by atoms with Crippen LogP contribution in [0, 0.1) is 0 Å². The van der Waals surface area contributed by atoms with Crippen LogP contribution in [0.2, 0.25) is 0 Å². The van der Waals surface area contributed by atoms with Gasteiger partial charge in [-0.25, -0.2) is 4.79 Å². The van der Waals surface area contributed by atoms with Crippen LogP contribution >= 0.6 is 0 Å². The van der Waals surface area contributed by atoms with Gasteiger partial charge < -0.3 is 14.7 Å². The Hall–Kier alpha value is -0.770. The first kappa shape index (κ1) is 13.3. The lowest BCUT2D eigenvalue weighted by Gasteiger charge is -2.38. The minimum atomic E-state index is -0.453. The van der Waals surface area contributed by atoms with Crippen molar-refractivity contribution < 1.29 is 14.6 Å². The minimum Gasteiger partial charge on any atom is -0.444 e. The number of amides is 1. The lowest BCUT2D eigenvalue weighted by Crippen LogP contribution is -2.49. The Kier molecular flexibility index (Phi) is 4.19. The maximum atomic E-state index is 11.9. The van der Waals surface area contributed by atoms with Gasteiger partial charge in [0.15, 0.2) is 0 Å². The van der Waals surface area contributed by atoms with Gasteiger partial charge in [0.2, 0.25) is 0 Å². The van der Waals surface area contributed by atoms with Crippen molar-refractivity contribution >= 4 is 6.09 Å². The van der Waals surface area contributed by atoms with Crippen LogP contribution in [0.15, 0.2) is 0 Å². The van der Waals surface area contributed by atoms with Gasteiger partial charge in [-0.1, -0.05) is 6.92 Å². The molecule has 1 saturated heterocycles. The molecule has 0 aromatic carbocycles. The van der Waals surface area contributed by atoms with E-state index < -0.39 is 5.60 Å². The Bertz CT molecular complexity index is 247. The number of hydrogen-bond donors (Lipinski definition) is 1. The van der Waals surface area contributed by atoms with Gasteiger partial charge in [0.05, 0.1) is 6.10 Å². The number of nitrogens with zero attached hydrogens (tertiary/aromatic N) is 1. The maximum Gasteiger partial charge on any atom is 0.410 e. The molecule has 1 N–H and O–H groups in total. The quantitative estimate of drug-likeness (QED) is 0.749. The zero-order chi connectivity index (χ0) is 12.3. The summed E-state index contributed by atoms with van der Waals surface area (Å²) in [6.45, 7) is 8.22. The van der Waals surface area contributed by atoms with Crippen molar-refractivity contribution in [1.82, 2.24) is 4.90 Å². The van der Waals surface area contributed by atoms with Gasteiger partial charge in [0, 0.05) is 12.6 Å². The van der Waals surface area contributed by atoms with E-state index in [0.29, 0.717) is 19.4 Å². The van der Waals surface area contributed by atoms with Gasteiger partial charge in [0.25, 0.3) is 0 Å². The molecule has 4 heteroatoms. The van der Waals surface area contributed by atoms with E-state index in [9.17, 15) is 9.90 Å². The molecule has 4 nitrogen and oxygen atoms in total. The largest absolute Gasteiger partial charge is 0.444 e. The van der Waals surface area contributed by atoms with E-state index in [-0.39, 0.29) is 18.2 Å². The molecule has 0 radical (unpaired) electrons. The van der Waals surface area contributed by atoms with Crippen molar-refractivity contribution in [3.63, 3.8) is 0 Å². The second-order valence-corrected chi connectivity index (χ2v) is 5.41. The van der Waals surface area contributed by atoms with Crippen molar-refractivity contribution in [2.24, 2.45) is 0 Å². The van der Waals surface area contributed by atoms with E-state index >= 15 is 0 Å². The molecule has 1 aliphatic heterocycles. The fourth-order valence-corrected chi connectivity index (χ4v) is 1.98. The Balaban J connectivity index is 2.60. The summed E-state index contributed by atoms with van der Waals surface area (Å²) in [5.74, 6) is 0. The molecule has 1 aliphatic rings. The number of carbonyl (C=O) groups is 1. The number of rotatable bonds is 1. The van der Waals surface area contributed by atoms with Gasteiger partial charge in [-0.2, -0.15) is 0 Å². The summed E-state index contributed by atoms with van der Waals surface area (Å²) >= 11 is 0. The summed E-state index contributed by atoms with van der Waals surface area (Å²) in [6, 6.07) is 0.110. The number of aliphatic hydroxyl groups is 1. The van der Waals surface area contributed by atoms with E-state index in [1.807, 2.05) is 27.7 Å². The Morgan fingerprint density at radius 3 is 2.62 bits per heavy atom. The second kappa shape index (κ2) is 5.04. The van der Waals surface area contributed by atoms with Crippen LogP contribution in [0.1, 0.15) is 47.0 Å². The third-order valence-electron chi connectivity index (χ3n) is 2.79. The van der Waals surface area contributed by atoms with E-state index in [1.165, 1.54) is 0 Å². The van der Waals surface area contributed by atoms with Crippen LogP contribution in [0.5, 0.6) is 0 Å². The third kappa shape index (κ3) is 3.67. The molecule has 1 heterocycles. The summed E-state index contributed by atoms with van der Waals surface area (Å²) < 4.78 is 5.35. The summed E-state index contributed by atoms with van der Waals surface area (Å²) in [5, 5.41) is 9.56. The molecule has 0 bridgehead atoms. The van der Waals surface area contributed by atoms with E-state index in [0.717, 1.165) is 6.42 Å². The van der Waals surface area contributed by atoms with Gasteiger partial charge in [0.1, 0.15) is 5.60 Å². The SMILES string of the molecule is CC[C@H]1CC(O)CCN1C(=O)OC(C)(C)C. The molecule has 1 amide bonds. The number of aliphatic hydroxyl groups excluding tert-OH is 1. The normalized spacial score (nSPS) is 26.7. The highest BCUT2D eigenvalue weighted by molar-refractivity contribution is 5.68. The molecule has 0 aromatic rings. The molecule has 16 heavy (non-hydrogen) atoms. The molecule has 1 rings (SSSR count). The Morgan fingerprint density at radius 1 is 1.50 bits per heavy atom. The predicted octanol–water partition coefficient (Wildman–Crippen LogP) is 2.16. The summed E-state index contributed by atoms with van der Waals surface area (Å²) in [7, 11) is 0. The minimum absolute atomic E-state index is 0.110. The first-order chi connectivity index (χ1) is 7.33. The number of ether oxygens (including phenoxy) is 1. The van der Waals surface area contributed by atoms with Crippen LogP contribution in [-0.4, -0.2) is 40.4 Å². The number of carbonyl (C=O) groups excluding carboxylic acids is 1. The average molecular weight is 229 g/mol. The smallest absolute Gasteiger partial charge is 0.410 e. The first-order valence-corrected chi connectivity index (χ1v) is 6.01. The molecule has 0 aliphatic carbocycles. The second-order valence-electron chi connectivity index (χ2n) is 5.41. The molecule has 1 fully saturated rings. The molecule has 0 aromatic heterocycles. The lowest BCUT2D eigenvalue weighted by atomic mass is 9.98. The van der Waals surface area contributed by atoms with Crippen LogP contribution in [-0.2, 0) is 4.74 Å². The zero-order valence-electron chi connectivity index (χ0n) is 10.7. The van der Waals surface area contributed by atoms with Crippen LogP contribution < -0.4 is 0 Å². The number of piperidine rings is 1. The van der Waals surface area contributed by atoms with Gasteiger partial charge in [-0.05, 0) is 40.0 Å². The van der Waals surface area contributed by atoms with E-state index in [4.69, 9.17) is 4.74 Å². The standard InChI is InChI=1S/C12H23NO3/c1-5-9-8-10(14)6-7-13(9)11(15)16-12(2,3)4/h9-10,14H,5-8H2,1-4H3/t9-,10?/m0/s1. The average Bonchev–Trinajstić information content (AvgIpc) is 2.14. The Morgan fingerprint density at radius 2 is 2.12 bits per heavy atom. The fourth-order valence-electron chi connectivity index (χ4n) is 1.98. The topological polar surface area (TPSA) is 49.8 Å². The number of likely N-dealkylation sites (tertiary alicyclic amines) is 1. The Labute approximate surface area is 97.6 Å². The van der Waals surface area contributed by atoms with E-state index in [2.05, 4.69) is 0 Å². The lowest BCUT2D eigenvalue weighted by molar-refractivity contribution is -0.00840. The van der Waals surface area contributed by atoms with Crippen molar-refractivity contribution in [3.05, 3.63) is 0 Å². The predicted molar refractivity (Wildman–Crippen MR) is 62.3 cm³/mol. The molecule has 0 saturated carbocycles. The summed E-state index contributed by atoms with van der Waals surface area (Å²) in [5.41, 5.74) is -0.453. The fraction of sp³-hybridized carbons (Fsp3) is 0.917. The van der Waals surface area contributed by atoms with Crippen molar-refractivity contribution in [1.29, 1.82) is 0 Å². The molecular formula is C12H23NO3. The monoisotopic (exact) mass is 229 g/mol.